The summed E-state index contributed by atoms with van der Waals surface area (Å²) in [4.78, 5) is 19.4. The minimum atomic E-state index is -4.48. The third-order valence-electron chi connectivity index (χ3n) is 2.32. The van der Waals surface area contributed by atoms with E-state index in [1.165, 1.54) is 11.8 Å². The zero-order chi connectivity index (χ0) is 14.5. The van der Waals surface area contributed by atoms with E-state index in [-0.39, 0.29) is 11.9 Å². The number of carbonyl (C=O) groups excluding carboxylic acids is 1. The van der Waals surface area contributed by atoms with Crippen LogP contribution in [0.1, 0.15) is 19.0 Å². The van der Waals surface area contributed by atoms with Gasteiger partial charge in [0.1, 0.15) is 5.69 Å². The van der Waals surface area contributed by atoms with Gasteiger partial charge in [-0.3, -0.25) is 4.79 Å². The molecule has 106 valence electrons. The van der Waals surface area contributed by atoms with Crippen LogP contribution in [-0.4, -0.2) is 36.0 Å². The van der Waals surface area contributed by atoms with Crippen LogP contribution in [0.25, 0.3) is 0 Å². The Morgan fingerprint density at radius 1 is 1.47 bits per heavy atom. The van der Waals surface area contributed by atoms with Crippen LogP contribution in [0.3, 0.4) is 0 Å². The highest BCUT2D eigenvalue weighted by Gasteiger charge is 2.33. The molecule has 0 saturated carbocycles. The number of hydrogen-bond acceptors (Lipinski definition) is 4. The fourth-order valence-electron chi connectivity index (χ4n) is 1.37. The molecule has 19 heavy (non-hydrogen) atoms. The molecule has 1 rings (SSSR count). The fraction of sp³-hybridized carbons (Fsp3) is 0.545. The van der Waals surface area contributed by atoms with Gasteiger partial charge in [0.05, 0.1) is 0 Å². The van der Waals surface area contributed by atoms with Gasteiger partial charge in [0.2, 0.25) is 11.9 Å². The number of nitrogens with zero attached hydrogens (tertiary/aromatic N) is 3. The van der Waals surface area contributed by atoms with E-state index in [0.29, 0.717) is 19.5 Å². The second kappa shape index (κ2) is 6.35. The maximum atomic E-state index is 12.5. The van der Waals surface area contributed by atoms with Crippen LogP contribution in [0.5, 0.6) is 0 Å². The van der Waals surface area contributed by atoms with E-state index in [1.807, 2.05) is 0 Å². The summed E-state index contributed by atoms with van der Waals surface area (Å²) in [6.07, 6.45) is -2.81. The van der Waals surface area contributed by atoms with E-state index in [9.17, 15) is 18.0 Å². The number of halogens is 3. The monoisotopic (exact) mass is 276 g/mol. The maximum Gasteiger partial charge on any atom is 0.433 e. The van der Waals surface area contributed by atoms with Crippen LogP contribution in [0.15, 0.2) is 12.3 Å². The summed E-state index contributed by atoms with van der Waals surface area (Å²) < 4.78 is 37.4. The van der Waals surface area contributed by atoms with Gasteiger partial charge in [-0.05, 0) is 12.5 Å². The molecule has 1 aromatic heterocycles. The third-order valence-corrected chi connectivity index (χ3v) is 2.32. The zero-order valence-electron chi connectivity index (χ0n) is 10.7. The Hall–Kier alpha value is -1.86. The van der Waals surface area contributed by atoms with Crippen molar-refractivity contribution < 1.29 is 18.0 Å². The molecule has 0 aliphatic carbocycles. The summed E-state index contributed by atoms with van der Waals surface area (Å²) in [6.45, 7) is 2.31. The van der Waals surface area contributed by atoms with Gasteiger partial charge in [0, 0.05) is 33.3 Å². The third kappa shape index (κ3) is 5.11. The molecule has 8 heteroatoms. The predicted molar refractivity (Wildman–Crippen MR) is 63.6 cm³/mol. The normalized spacial score (nSPS) is 11.2. The van der Waals surface area contributed by atoms with Crippen molar-refractivity contribution in [2.75, 3.05) is 25.0 Å². The second-order valence-electron chi connectivity index (χ2n) is 4.00. The zero-order valence-corrected chi connectivity index (χ0v) is 10.7. The van der Waals surface area contributed by atoms with Gasteiger partial charge in [0.25, 0.3) is 0 Å². The predicted octanol–water partition coefficient (Wildman–Crippen LogP) is 1.46. The molecule has 5 nitrogen and oxygen atoms in total. The summed E-state index contributed by atoms with van der Waals surface area (Å²) in [7, 11) is 1.60. The Morgan fingerprint density at radius 3 is 2.74 bits per heavy atom. The number of nitrogens with one attached hydrogen (secondary N) is 1. The molecule has 0 fully saturated rings. The highest BCUT2D eigenvalue weighted by Crippen LogP contribution is 2.27. The maximum absolute atomic E-state index is 12.5. The first kappa shape index (κ1) is 15.2. The minimum absolute atomic E-state index is 0.0117. The molecule has 0 spiro atoms. The number of rotatable bonds is 5. The van der Waals surface area contributed by atoms with Crippen molar-refractivity contribution in [2.45, 2.75) is 19.5 Å². The van der Waals surface area contributed by atoms with E-state index in [2.05, 4.69) is 15.3 Å². The Kier molecular flexibility index (Phi) is 5.08. The molecule has 0 unspecified atom stereocenters. The fourth-order valence-corrected chi connectivity index (χ4v) is 1.37. The summed E-state index contributed by atoms with van der Waals surface area (Å²) in [5.74, 6) is -0.129. The van der Waals surface area contributed by atoms with Crippen molar-refractivity contribution in [1.82, 2.24) is 15.3 Å². The first-order valence-electron chi connectivity index (χ1n) is 5.66. The van der Waals surface area contributed by atoms with Crippen molar-refractivity contribution in [2.24, 2.45) is 0 Å². The van der Waals surface area contributed by atoms with Gasteiger partial charge in [-0.25, -0.2) is 9.97 Å². The van der Waals surface area contributed by atoms with Crippen molar-refractivity contribution >= 4 is 11.9 Å². The van der Waals surface area contributed by atoms with E-state index in [1.54, 1.807) is 7.05 Å². The average Bonchev–Trinajstić information content (AvgIpc) is 2.33. The Balaban J connectivity index is 2.57. The van der Waals surface area contributed by atoms with Gasteiger partial charge >= 0.3 is 6.18 Å². The first-order valence-corrected chi connectivity index (χ1v) is 5.66. The summed E-state index contributed by atoms with van der Waals surface area (Å²) in [5, 5.41) is 2.60. The van der Waals surface area contributed by atoms with E-state index < -0.39 is 11.9 Å². The molecule has 1 amide bonds. The lowest BCUT2D eigenvalue weighted by Gasteiger charge is -2.17. The van der Waals surface area contributed by atoms with E-state index >= 15 is 0 Å². The molecule has 0 radical (unpaired) electrons. The number of amides is 1. The van der Waals surface area contributed by atoms with E-state index in [4.69, 9.17) is 0 Å². The van der Waals surface area contributed by atoms with Crippen LogP contribution in [-0.2, 0) is 11.0 Å². The number of carbonyl (C=O) groups is 1. The Morgan fingerprint density at radius 2 is 2.16 bits per heavy atom. The van der Waals surface area contributed by atoms with Gasteiger partial charge in [-0.2, -0.15) is 13.2 Å². The second-order valence-corrected chi connectivity index (χ2v) is 4.00. The number of aromatic nitrogens is 2. The standard InChI is InChI=1S/C11H15F3N4O/c1-8(19)15-5-3-7-18(2)10-16-6-4-9(17-10)11(12,13)14/h4,6H,3,5,7H2,1-2H3,(H,15,19). The lowest BCUT2D eigenvalue weighted by atomic mass is 10.4. The van der Waals surface area contributed by atoms with Gasteiger partial charge in [0.15, 0.2) is 0 Å². The summed E-state index contributed by atoms with van der Waals surface area (Å²) in [5.41, 5.74) is -0.966. The van der Waals surface area contributed by atoms with Crippen LogP contribution >= 0.6 is 0 Å². The van der Waals surface area contributed by atoms with Crippen molar-refractivity contribution in [3.8, 4) is 0 Å². The lowest BCUT2D eigenvalue weighted by Crippen LogP contribution is -2.27. The highest BCUT2D eigenvalue weighted by molar-refractivity contribution is 5.72. The average molecular weight is 276 g/mol. The van der Waals surface area contributed by atoms with Gasteiger partial charge < -0.3 is 10.2 Å². The number of alkyl halides is 3. The lowest BCUT2D eigenvalue weighted by molar-refractivity contribution is -0.141. The number of hydrogen-bond donors (Lipinski definition) is 1. The molecule has 1 N–H and O–H groups in total. The Bertz CT molecular complexity index is 436. The SMILES string of the molecule is CC(=O)NCCCN(C)c1nccc(C(F)(F)F)n1. The molecule has 0 aromatic carbocycles. The largest absolute Gasteiger partial charge is 0.433 e. The molecular weight excluding hydrogens is 261 g/mol. The first-order chi connectivity index (χ1) is 8.80. The smallest absolute Gasteiger partial charge is 0.356 e. The molecule has 0 aliphatic rings. The van der Waals surface area contributed by atoms with Crippen LogP contribution in [0, 0.1) is 0 Å². The van der Waals surface area contributed by atoms with Gasteiger partial charge in [-0.1, -0.05) is 0 Å². The number of anilines is 1. The van der Waals surface area contributed by atoms with Crippen molar-refractivity contribution in [3.63, 3.8) is 0 Å². The molecule has 0 aliphatic heterocycles. The molecule has 0 atom stereocenters. The minimum Gasteiger partial charge on any atom is -0.356 e. The molecule has 1 aromatic rings. The topological polar surface area (TPSA) is 58.1 Å². The summed E-state index contributed by atoms with van der Waals surface area (Å²) in [6, 6.07) is 0.828. The Labute approximate surface area is 108 Å². The molecule has 0 bridgehead atoms. The van der Waals surface area contributed by atoms with E-state index in [0.717, 1.165) is 12.3 Å². The highest BCUT2D eigenvalue weighted by atomic mass is 19.4. The van der Waals surface area contributed by atoms with Crippen LogP contribution in [0.4, 0.5) is 19.1 Å². The molecular formula is C11H15F3N4O. The van der Waals surface area contributed by atoms with Crippen LogP contribution in [0.2, 0.25) is 0 Å². The molecule has 1 heterocycles. The quantitative estimate of drug-likeness (QED) is 0.827. The summed E-state index contributed by atoms with van der Waals surface area (Å²) >= 11 is 0. The van der Waals surface area contributed by atoms with Crippen molar-refractivity contribution in [3.05, 3.63) is 18.0 Å². The van der Waals surface area contributed by atoms with Gasteiger partial charge in [-0.15, -0.1) is 0 Å². The van der Waals surface area contributed by atoms with Crippen molar-refractivity contribution in [1.29, 1.82) is 0 Å². The van der Waals surface area contributed by atoms with Crippen LogP contribution < -0.4 is 10.2 Å². The molecule has 0 saturated heterocycles.